The van der Waals surface area contributed by atoms with Crippen molar-refractivity contribution in [2.45, 2.75) is 59.6 Å². The van der Waals surface area contributed by atoms with Gasteiger partial charge in [-0.15, -0.1) is 0 Å². The van der Waals surface area contributed by atoms with Gasteiger partial charge in [0.05, 0.1) is 11.8 Å². The van der Waals surface area contributed by atoms with Crippen LogP contribution < -0.4 is 5.32 Å². The Morgan fingerprint density at radius 2 is 2.04 bits per heavy atom. The first-order valence-corrected chi connectivity index (χ1v) is 9.35. The number of nitrogens with one attached hydrogen (secondary N) is 1. The zero-order valence-electron chi connectivity index (χ0n) is 17.3. The highest BCUT2D eigenvalue weighted by Gasteiger charge is 2.16. The molecule has 0 aliphatic carbocycles. The molecule has 1 heterocycles. The van der Waals surface area contributed by atoms with Crippen molar-refractivity contribution in [3.63, 3.8) is 0 Å². The van der Waals surface area contributed by atoms with Crippen molar-refractivity contribution in [2.24, 2.45) is 18.0 Å². The molecule has 0 radical (unpaired) electrons. The van der Waals surface area contributed by atoms with E-state index in [-0.39, 0.29) is 6.10 Å². The number of nitrogens with zero attached hydrogens (tertiary/aromatic N) is 4. The molecule has 0 saturated carbocycles. The van der Waals surface area contributed by atoms with Crippen molar-refractivity contribution in [3.05, 3.63) is 17.5 Å². The lowest BCUT2D eigenvalue weighted by Gasteiger charge is -2.25. The highest BCUT2D eigenvalue weighted by atomic mass is 16.5. The fraction of sp³-hybridized carbons (Fsp3) is 0.789. The van der Waals surface area contributed by atoms with E-state index in [4.69, 9.17) is 4.74 Å². The Bertz CT molecular complexity index is 536. The van der Waals surface area contributed by atoms with E-state index in [9.17, 15) is 0 Å². The van der Waals surface area contributed by atoms with E-state index in [1.165, 1.54) is 5.56 Å². The minimum atomic E-state index is 0.284. The topological polar surface area (TPSA) is 54.7 Å². The third kappa shape index (κ3) is 6.69. The molecule has 0 aliphatic heterocycles. The van der Waals surface area contributed by atoms with Gasteiger partial charge in [0.15, 0.2) is 5.96 Å². The van der Waals surface area contributed by atoms with Gasteiger partial charge in [-0.3, -0.25) is 9.67 Å². The Labute approximate surface area is 153 Å². The molecule has 144 valence electrons. The second kappa shape index (κ2) is 10.4. The summed E-state index contributed by atoms with van der Waals surface area (Å²) in [5.41, 5.74) is 2.40. The smallest absolute Gasteiger partial charge is 0.193 e. The van der Waals surface area contributed by atoms with E-state index in [1.807, 2.05) is 18.8 Å². The predicted octanol–water partition coefficient (Wildman–Crippen LogP) is 3.00. The molecular formula is C19H37N5O. The van der Waals surface area contributed by atoms with Crippen LogP contribution in [0.4, 0.5) is 0 Å². The van der Waals surface area contributed by atoms with Crippen molar-refractivity contribution >= 4 is 5.96 Å². The lowest BCUT2D eigenvalue weighted by Crippen LogP contribution is -2.40. The fourth-order valence-corrected chi connectivity index (χ4v) is 3.03. The van der Waals surface area contributed by atoms with Crippen molar-refractivity contribution in [2.75, 3.05) is 27.2 Å². The monoisotopic (exact) mass is 351 g/mol. The van der Waals surface area contributed by atoms with Gasteiger partial charge < -0.3 is 15.0 Å². The SMILES string of the molecule is CCOC(CCNC(=NC)N(C)Cc1cn(C)nc1C(C)C)C(C)C. The minimum absolute atomic E-state index is 0.284. The molecule has 6 nitrogen and oxygen atoms in total. The van der Waals surface area contributed by atoms with E-state index in [0.717, 1.165) is 37.8 Å². The first-order chi connectivity index (χ1) is 11.8. The van der Waals surface area contributed by atoms with Crippen LogP contribution in [-0.4, -0.2) is 54.0 Å². The molecule has 0 aromatic carbocycles. The molecule has 6 heteroatoms. The number of aryl methyl sites for hydroxylation is 1. The number of ether oxygens (including phenoxy) is 1. The van der Waals surface area contributed by atoms with E-state index in [0.29, 0.717) is 11.8 Å². The first kappa shape index (κ1) is 21.5. The van der Waals surface area contributed by atoms with Crippen LogP contribution in [0.25, 0.3) is 0 Å². The number of hydrogen-bond donors (Lipinski definition) is 1. The molecule has 0 aliphatic rings. The Hall–Kier alpha value is -1.56. The third-order valence-corrected chi connectivity index (χ3v) is 4.30. The molecule has 0 saturated heterocycles. The molecule has 0 amide bonds. The standard InChI is InChI=1S/C19H37N5O/c1-9-25-17(14(2)3)10-11-21-19(20-6)23(7)12-16-13-24(8)22-18(16)15(4)5/h13-15,17H,9-12H2,1-8H3,(H,20,21). The molecule has 25 heavy (non-hydrogen) atoms. The first-order valence-electron chi connectivity index (χ1n) is 9.35. The maximum absolute atomic E-state index is 5.82. The zero-order chi connectivity index (χ0) is 19.0. The molecule has 1 N–H and O–H groups in total. The van der Waals surface area contributed by atoms with Gasteiger partial charge in [0.2, 0.25) is 0 Å². The lowest BCUT2D eigenvalue weighted by molar-refractivity contribution is 0.0257. The van der Waals surface area contributed by atoms with Gasteiger partial charge >= 0.3 is 0 Å². The summed E-state index contributed by atoms with van der Waals surface area (Å²) < 4.78 is 7.71. The number of aliphatic imine (C=N–C) groups is 1. The average molecular weight is 352 g/mol. The number of aromatic nitrogens is 2. The molecule has 1 rings (SSSR count). The van der Waals surface area contributed by atoms with Crippen molar-refractivity contribution < 1.29 is 4.74 Å². The van der Waals surface area contributed by atoms with Gasteiger partial charge in [0.25, 0.3) is 0 Å². The lowest BCUT2D eigenvalue weighted by atomic mass is 10.0. The molecule has 0 fully saturated rings. The molecule has 1 aromatic rings. The molecular weight excluding hydrogens is 314 g/mol. The van der Waals surface area contributed by atoms with Crippen LogP contribution in [0.5, 0.6) is 0 Å². The van der Waals surface area contributed by atoms with Crippen LogP contribution in [0.1, 0.15) is 58.2 Å². The fourth-order valence-electron chi connectivity index (χ4n) is 3.03. The van der Waals surface area contributed by atoms with E-state index >= 15 is 0 Å². The normalized spacial score (nSPS) is 13.6. The zero-order valence-corrected chi connectivity index (χ0v) is 17.3. The molecule has 1 atom stereocenters. The second-order valence-corrected chi connectivity index (χ2v) is 7.22. The maximum Gasteiger partial charge on any atom is 0.193 e. The summed E-state index contributed by atoms with van der Waals surface area (Å²) in [5.74, 6) is 1.83. The predicted molar refractivity (Wildman–Crippen MR) is 105 cm³/mol. The Balaban J connectivity index is 2.62. The summed E-state index contributed by atoms with van der Waals surface area (Å²) >= 11 is 0. The van der Waals surface area contributed by atoms with Crippen LogP contribution in [0, 0.1) is 5.92 Å². The second-order valence-electron chi connectivity index (χ2n) is 7.22. The summed E-state index contributed by atoms with van der Waals surface area (Å²) in [6.07, 6.45) is 3.36. The van der Waals surface area contributed by atoms with Gasteiger partial charge in [-0.25, -0.2) is 0 Å². The Morgan fingerprint density at radius 1 is 1.36 bits per heavy atom. The largest absolute Gasteiger partial charge is 0.378 e. The van der Waals surface area contributed by atoms with Crippen LogP contribution >= 0.6 is 0 Å². The summed E-state index contributed by atoms with van der Waals surface area (Å²) in [7, 11) is 5.87. The Morgan fingerprint density at radius 3 is 2.56 bits per heavy atom. The van der Waals surface area contributed by atoms with Gasteiger partial charge in [-0.05, 0) is 25.2 Å². The van der Waals surface area contributed by atoms with Crippen molar-refractivity contribution in [1.29, 1.82) is 0 Å². The third-order valence-electron chi connectivity index (χ3n) is 4.30. The quantitative estimate of drug-likeness (QED) is 0.549. The van der Waals surface area contributed by atoms with Crippen LogP contribution in [0.15, 0.2) is 11.2 Å². The van der Waals surface area contributed by atoms with Crippen LogP contribution in [0.2, 0.25) is 0 Å². The average Bonchev–Trinajstić information content (AvgIpc) is 2.90. The van der Waals surface area contributed by atoms with Crippen molar-refractivity contribution in [1.82, 2.24) is 20.0 Å². The summed E-state index contributed by atoms with van der Waals surface area (Å²) in [5, 5.41) is 8.04. The molecule has 0 bridgehead atoms. The molecule has 1 aromatic heterocycles. The van der Waals surface area contributed by atoms with Crippen molar-refractivity contribution in [3.8, 4) is 0 Å². The summed E-state index contributed by atoms with van der Waals surface area (Å²) in [4.78, 5) is 6.56. The maximum atomic E-state index is 5.82. The Kier molecular flexibility index (Phi) is 8.97. The van der Waals surface area contributed by atoms with Gasteiger partial charge in [-0.1, -0.05) is 27.7 Å². The van der Waals surface area contributed by atoms with Gasteiger partial charge in [-0.2, -0.15) is 5.10 Å². The van der Waals surface area contributed by atoms with E-state index in [1.54, 1.807) is 0 Å². The van der Waals surface area contributed by atoms with Crippen LogP contribution in [-0.2, 0) is 18.3 Å². The van der Waals surface area contributed by atoms with Gasteiger partial charge in [0.1, 0.15) is 0 Å². The van der Waals surface area contributed by atoms with Gasteiger partial charge in [0, 0.05) is 52.6 Å². The van der Waals surface area contributed by atoms with Crippen LogP contribution in [0.3, 0.4) is 0 Å². The molecule has 0 spiro atoms. The highest BCUT2D eigenvalue weighted by molar-refractivity contribution is 5.79. The minimum Gasteiger partial charge on any atom is -0.378 e. The summed E-state index contributed by atoms with van der Waals surface area (Å²) in [6.45, 7) is 13.2. The molecule has 1 unspecified atom stereocenters. The summed E-state index contributed by atoms with van der Waals surface area (Å²) in [6, 6.07) is 0. The number of guanidine groups is 1. The van der Waals surface area contributed by atoms with E-state index < -0.39 is 0 Å². The van der Waals surface area contributed by atoms with E-state index in [2.05, 4.69) is 68.2 Å². The number of rotatable bonds is 9. The number of hydrogen-bond acceptors (Lipinski definition) is 3. The highest BCUT2D eigenvalue weighted by Crippen LogP contribution is 2.18.